The Morgan fingerprint density at radius 2 is 2.12 bits per heavy atom. The number of methoxy groups -OCH3 is 1. The molecule has 2 heterocycles. The largest absolute Gasteiger partial charge is 0.496 e. The molecule has 0 spiro atoms. The van der Waals surface area contributed by atoms with Gasteiger partial charge in [-0.15, -0.1) is 0 Å². The summed E-state index contributed by atoms with van der Waals surface area (Å²) < 4.78 is 11.2. The van der Waals surface area contributed by atoms with Crippen molar-refractivity contribution >= 4 is 5.91 Å². The van der Waals surface area contributed by atoms with Crippen LogP contribution in [-0.4, -0.2) is 56.3 Å². The Bertz CT molecular complexity index is 575. The van der Waals surface area contributed by atoms with Gasteiger partial charge in [0, 0.05) is 18.7 Å². The zero-order valence-corrected chi connectivity index (χ0v) is 14.9. The van der Waals surface area contributed by atoms with E-state index in [2.05, 4.69) is 16.3 Å². The number of amides is 1. The van der Waals surface area contributed by atoms with E-state index in [4.69, 9.17) is 15.2 Å². The highest BCUT2D eigenvalue weighted by atomic mass is 16.5. The van der Waals surface area contributed by atoms with E-state index >= 15 is 0 Å². The summed E-state index contributed by atoms with van der Waals surface area (Å²) in [5, 5.41) is 3.09. The Morgan fingerprint density at radius 3 is 2.80 bits per heavy atom. The van der Waals surface area contributed by atoms with E-state index in [1.165, 1.54) is 12.8 Å². The van der Waals surface area contributed by atoms with Gasteiger partial charge in [-0.05, 0) is 44.8 Å². The Balaban J connectivity index is 1.67. The molecule has 0 aliphatic carbocycles. The molecule has 2 fully saturated rings. The van der Waals surface area contributed by atoms with Crippen LogP contribution in [0.4, 0.5) is 0 Å². The first-order valence-electron chi connectivity index (χ1n) is 9.23. The maximum atomic E-state index is 12.5. The van der Waals surface area contributed by atoms with Gasteiger partial charge in [0.05, 0.1) is 19.3 Å². The number of ether oxygens (including phenoxy) is 2. The Kier molecular flexibility index (Phi) is 6.29. The van der Waals surface area contributed by atoms with Gasteiger partial charge in [-0.1, -0.05) is 18.2 Å². The lowest BCUT2D eigenvalue weighted by molar-refractivity contribution is -0.132. The number of nitrogens with one attached hydrogen (secondary N) is 1. The van der Waals surface area contributed by atoms with Gasteiger partial charge < -0.3 is 20.5 Å². The summed E-state index contributed by atoms with van der Waals surface area (Å²) in [7, 11) is 1.69. The molecule has 2 aliphatic heterocycles. The van der Waals surface area contributed by atoms with Crippen molar-refractivity contribution in [2.24, 2.45) is 5.73 Å². The lowest BCUT2D eigenvalue weighted by Gasteiger charge is -2.29. The molecular weight excluding hydrogens is 318 g/mol. The number of likely N-dealkylation sites (tertiary alicyclic amines) is 1. The van der Waals surface area contributed by atoms with Crippen LogP contribution >= 0.6 is 0 Å². The second-order valence-electron chi connectivity index (χ2n) is 6.81. The molecule has 0 aromatic heterocycles. The van der Waals surface area contributed by atoms with Crippen molar-refractivity contribution in [3.8, 4) is 5.75 Å². The Labute approximate surface area is 149 Å². The van der Waals surface area contributed by atoms with Crippen LogP contribution in [0.2, 0.25) is 0 Å². The minimum absolute atomic E-state index is 0.0133. The van der Waals surface area contributed by atoms with E-state index < -0.39 is 0 Å². The van der Waals surface area contributed by atoms with Crippen molar-refractivity contribution in [2.75, 3.05) is 33.3 Å². The first-order valence-corrected chi connectivity index (χ1v) is 9.23. The molecular formula is C19H29N3O3. The number of nitrogens with zero attached hydrogens (tertiary/aromatic N) is 1. The van der Waals surface area contributed by atoms with Crippen LogP contribution in [0.1, 0.15) is 37.3 Å². The van der Waals surface area contributed by atoms with Crippen molar-refractivity contribution in [1.82, 2.24) is 10.2 Å². The number of carbonyl (C=O) groups is 1. The molecule has 138 valence electrons. The number of carbonyl (C=O) groups excluding carboxylic acids is 1. The van der Waals surface area contributed by atoms with Crippen molar-refractivity contribution in [3.63, 3.8) is 0 Å². The van der Waals surface area contributed by atoms with Crippen molar-refractivity contribution in [3.05, 3.63) is 29.8 Å². The summed E-state index contributed by atoms with van der Waals surface area (Å²) in [5.41, 5.74) is 6.76. The predicted molar refractivity (Wildman–Crippen MR) is 96.5 cm³/mol. The first kappa shape index (κ1) is 18.2. The summed E-state index contributed by atoms with van der Waals surface area (Å²) in [6.45, 7) is 3.13. The molecule has 2 aliphatic rings. The minimum atomic E-state index is -0.370. The summed E-state index contributed by atoms with van der Waals surface area (Å²) in [6.07, 6.45) is 3.64. The van der Waals surface area contributed by atoms with Crippen LogP contribution in [0, 0.1) is 0 Å². The van der Waals surface area contributed by atoms with Gasteiger partial charge in [0.1, 0.15) is 11.9 Å². The average Bonchev–Trinajstić information content (AvgIpc) is 3.34. The number of hydrogen-bond donors (Lipinski definition) is 2. The monoisotopic (exact) mass is 347 g/mol. The average molecular weight is 347 g/mol. The van der Waals surface area contributed by atoms with Crippen molar-refractivity contribution in [2.45, 2.75) is 43.9 Å². The maximum Gasteiger partial charge on any atom is 0.249 e. The van der Waals surface area contributed by atoms with Gasteiger partial charge in [-0.3, -0.25) is 9.69 Å². The fourth-order valence-electron chi connectivity index (χ4n) is 3.81. The number of hydrogen-bond acceptors (Lipinski definition) is 5. The molecule has 3 atom stereocenters. The van der Waals surface area contributed by atoms with Crippen molar-refractivity contribution < 1.29 is 14.3 Å². The molecule has 0 bridgehead atoms. The molecule has 6 heteroatoms. The van der Waals surface area contributed by atoms with Gasteiger partial charge in [-0.25, -0.2) is 0 Å². The fraction of sp³-hybridized carbons (Fsp3) is 0.632. The molecule has 6 nitrogen and oxygen atoms in total. The predicted octanol–water partition coefficient (Wildman–Crippen LogP) is 1.45. The van der Waals surface area contributed by atoms with Gasteiger partial charge in [0.25, 0.3) is 0 Å². The zero-order chi connectivity index (χ0) is 17.6. The highest BCUT2D eigenvalue weighted by Crippen LogP contribution is 2.31. The number of nitrogens with two attached hydrogens (primary N) is 1. The van der Waals surface area contributed by atoms with E-state index in [0.717, 1.165) is 37.2 Å². The topological polar surface area (TPSA) is 76.8 Å². The third kappa shape index (κ3) is 4.32. The minimum Gasteiger partial charge on any atom is -0.496 e. The highest BCUT2D eigenvalue weighted by Gasteiger charge is 2.31. The van der Waals surface area contributed by atoms with Gasteiger partial charge in [0.2, 0.25) is 5.91 Å². The molecule has 0 radical (unpaired) electrons. The highest BCUT2D eigenvalue weighted by molar-refractivity contribution is 5.81. The molecule has 2 saturated heterocycles. The SMILES string of the molecule is COc1ccccc1C(CNC(=O)[C@@H]1CC[C@H](CN)O1)N1CCCC1. The zero-order valence-electron chi connectivity index (χ0n) is 14.9. The molecule has 25 heavy (non-hydrogen) atoms. The molecule has 1 aromatic carbocycles. The van der Waals surface area contributed by atoms with Crippen LogP contribution in [0.25, 0.3) is 0 Å². The first-order chi connectivity index (χ1) is 12.2. The van der Waals surface area contributed by atoms with Crippen LogP contribution in [0.3, 0.4) is 0 Å². The molecule has 1 unspecified atom stereocenters. The quantitative estimate of drug-likeness (QED) is 0.781. The van der Waals surface area contributed by atoms with E-state index in [1.54, 1.807) is 7.11 Å². The normalized spacial score (nSPS) is 25.0. The third-order valence-corrected chi connectivity index (χ3v) is 5.21. The van der Waals surface area contributed by atoms with Gasteiger partial charge in [-0.2, -0.15) is 0 Å². The number of benzene rings is 1. The molecule has 3 N–H and O–H groups in total. The standard InChI is InChI=1S/C19H29N3O3/c1-24-17-7-3-2-6-15(17)16(22-10-4-5-11-22)13-21-19(23)18-9-8-14(12-20)25-18/h2-3,6-7,14,16,18H,4-5,8-13,20H2,1H3,(H,21,23)/t14-,16?,18+/m1/s1. The smallest absolute Gasteiger partial charge is 0.249 e. The lowest BCUT2D eigenvalue weighted by Crippen LogP contribution is -2.41. The van der Waals surface area contributed by atoms with Crippen LogP contribution in [0.15, 0.2) is 24.3 Å². The van der Waals surface area contributed by atoms with E-state index in [9.17, 15) is 4.79 Å². The van der Waals surface area contributed by atoms with Crippen LogP contribution in [0.5, 0.6) is 5.75 Å². The molecule has 0 saturated carbocycles. The second-order valence-corrected chi connectivity index (χ2v) is 6.81. The summed E-state index contributed by atoms with van der Waals surface area (Å²) in [4.78, 5) is 14.9. The summed E-state index contributed by atoms with van der Waals surface area (Å²) in [6, 6.07) is 8.18. The summed E-state index contributed by atoms with van der Waals surface area (Å²) in [5.74, 6) is 0.837. The fourth-order valence-corrected chi connectivity index (χ4v) is 3.81. The van der Waals surface area contributed by atoms with Gasteiger partial charge >= 0.3 is 0 Å². The Hall–Kier alpha value is -1.63. The summed E-state index contributed by atoms with van der Waals surface area (Å²) >= 11 is 0. The van der Waals surface area contributed by atoms with E-state index in [1.807, 2.05) is 18.2 Å². The second kappa shape index (κ2) is 8.65. The molecule has 1 amide bonds. The number of para-hydroxylation sites is 1. The maximum absolute atomic E-state index is 12.5. The Morgan fingerprint density at radius 1 is 1.36 bits per heavy atom. The van der Waals surface area contributed by atoms with Crippen LogP contribution in [-0.2, 0) is 9.53 Å². The van der Waals surface area contributed by atoms with Crippen LogP contribution < -0.4 is 15.8 Å². The third-order valence-electron chi connectivity index (χ3n) is 5.21. The van der Waals surface area contributed by atoms with Crippen molar-refractivity contribution in [1.29, 1.82) is 0 Å². The number of rotatable bonds is 7. The van der Waals surface area contributed by atoms with E-state index in [0.29, 0.717) is 13.1 Å². The molecule has 3 rings (SSSR count). The molecule has 1 aromatic rings. The van der Waals surface area contributed by atoms with E-state index in [-0.39, 0.29) is 24.2 Å². The van der Waals surface area contributed by atoms with Gasteiger partial charge in [0.15, 0.2) is 0 Å². The lowest BCUT2D eigenvalue weighted by atomic mass is 10.0.